The molecule has 240 valence electrons. The van der Waals surface area contributed by atoms with Crippen molar-refractivity contribution in [2.45, 2.75) is 33.2 Å². The van der Waals surface area contributed by atoms with Crippen LogP contribution in [0.15, 0.2) is 107 Å². The molecule has 1 amide bonds. The van der Waals surface area contributed by atoms with Crippen LogP contribution in [-0.2, 0) is 5.54 Å². The van der Waals surface area contributed by atoms with E-state index >= 15 is 0 Å². The summed E-state index contributed by atoms with van der Waals surface area (Å²) < 4.78 is 6.68. The molecule has 4 N–H and O–H groups in total. The minimum Gasteiger partial charge on any atom is -0.456 e. The first-order valence-electron chi connectivity index (χ1n) is 16.3. The number of nitrogen functional groups attached to an aromatic ring is 1. The van der Waals surface area contributed by atoms with E-state index in [9.17, 15) is 4.79 Å². The number of rotatable bonds is 8. The number of benzene rings is 5. The van der Waals surface area contributed by atoms with Gasteiger partial charge < -0.3 is 21.1 Å². The van der Waals surface area contributed by atoms with Crippen molar-refractivity contribution in [1.82, 2.24) is 5.01 Å². The zero-order chi connectivity index (χ0) is 33.4. The fraction of sp³-hybridized carbons (Fsp3) is 0.175. The lowest BCUT2D eigenvalue weighted by Crippen LogP contribution is -2.44. The molecule has 5 aromatic rings. The van der Waals surface area contributed by atoms with Crippen LogP contribution in [0.2, 0.25) is 0 Å². The number of aryl methyl sites for hydroxylation is 2. The van der Waals surface area contributed by atoms with Crippen LogP contribution in [0.4, 0.5) is 22.7 Å². The van der Waals surface area contributed by atoms with Gasteiger partial charge in [0.2, 0.25) is 0 Å². The first kappa shape index (κ1) is 30.7. The second kappa shape index (κ2) is 12.4. The van der Waals surface area contributed by atoms with E-state index in [1.54, 1.807) is 17.4 Å². The van der Waals surface area contributed by atoms with Crippen LogP contribution in [0.1, 0.15) is 52.0 Å². The zero-order valence-corrected chi connectivity index (χ0v) is 27.5. The molecule has 5 aromatic carbocycles. The average molecular weight is 635 g/mol. The number of amides is 1. The topological polar surface area (TPSA) is 104 Å². The predicted molar refractivity (Wildman–Crippen MR) is 196 cm³/mol. The number of carbonyl (C=O) groups excluding carboxylic acids is 1. The zero-order valence-electron chi connectivity index (χ0n) is 27.5. The van der Waals surface area contributed by atoms with Crippen molar-refractivity contribution in [3.8, 4) is 22.6 Å². The third-order valence-electron chi connectivity index (χ3n) is 9.03. The Morgan fingerprint density at radius 2 is 1.31 bits per heavy atom. The van der Waals surface area contributed by atoms with Crippen LogP contribution >= 0.6 is 0 Å². The molecule has 0 saturated carbocycles. The van der Waals surface area contributed by atoms with Crippen molar-refractivity contribution >= 4 is 41.1 Å². The third kappa shape index (κ3) is 5.06. The highest BCUT2D eigenvalue weighted by molar-refractivity contribution is 6.17. The Morgan fingerprint density at radius 3 is 1.90 bits per heavy atom. The fourth-order valence-electron chi connectivity index (χ4n) is 6.79. The molecule has 2 aliphatic heterocycles. The van der Waals surface area contributed by atoms with E-state index in [-0.39, 0.29) is 5.91 Å². The van der Waals surface area contributed by atoms with Crippen LogP contribution < -0.4 is 21.1 Å². The standard InChI is InChI=1S/C40H38N6O2/c1-5-42-35-23-37-33(21-25(35)3)40(34-22-26(4)36(43-6-2)24-38(34)48-37)32-10-8-7-9-31(32)39(47)46(40)45-20-19-44-30-17-13-28(14-18-30)27-11-15-29(41)16-12-27/h7-24,42-43H,5-6,41H2,1-4H3. The number of nitrogens with zero attached hydrogens (tertiary/aromatic N) is 3. The molecule has 7 rings (SSSR count). The lowest BCUT2D eigenvalue weighted by Gasteiger charge is -2.42. The molecule has 0 radical (unpaired) electrons. The predicted octanol–water partition coefficient (Wildman–Crippen LogP) is 8.66. The molecule has 0 atom stereocenters. The van der Waals surface area contributed by atoms with E-state index in [4.69, 9.17) is 15.6 Å². The Morgan fingerprint density at radius 1 is 0.750 bits per heavy atom. The van der Waals surface area contributed by atoms with Crippen molar-refractivity contribution in [2.75, 3.05) is 29.5 Å². The van der Waals surface area contributed by atoms with Crippen molar-refractivity contribution < 1.29 is 9.53 Å². The number of hydrazone groups is 1. The Labute approximate surface area is 281 Å². The van der Waals surface area contributed by atoms with Crippen molar-refractivity contribution in [3.05, 3.63) is 130 Å². The number of hydrogen-bond acceptors (Lipinski definition) is 7. The van der Waals surface area contributed by atoms with Gasteiger partial charge in [-0.25, -0.2) is 5.01 Å². The number of carbonyl (C=O) groups is 1. The van der Waals surface area contributed by atoms with Gasteiger partial charge in [-0.05, 0) is 92.4 Å². The Kier molecular flexibility index (Phi) is 7.93. The van der Waals surface area contributed by atoms with Crippen LogP contribution in [0.3, 0.4) is 0 Å². The van der Waals surface area contributed by atoms with Crippen LogP contribution in [0.5, 0.6) is 11.5 Å². The second-order valence-corrected chi connectivity index (χ2v) is 12.1. The highest BCUT2D eigenvalue weighted by Crippen LogP contribution is 2.58. The molecule has 0 aromatic heterocycles. The molecular weight excluding hydrogens is 596 g/mol. The lowest BCUT2D eigenvalue weighted by molar-refractivity contribution is 0.0675. The van der Waals surface area contributed by atoms with E-state index < -0.39 is 5.54 Å². The normalized spacial score (nSPS) is 14.2. The number of nitrogens with one attached hydrogen (secondary N) is 2. The molecular formula is C40H38N6O2. The van der Waals surface area contributed by atoms with Gasteiger partial charge in [-0.1, -0.05) is 42.5 Å². The fourth-order valence-corrected chi connectivity index (χ4v) is 6.79. The van der Waals surface area contributed by atoms with Crippen LogP contribution in [0, 0.1) is 13.8 Å². The summed E-state index contributed by atoms with van der Waals surface area (Å²) in [5, 5.41) is 13.4. The molecule has 8 nitrogen and oxygen atoms in total. The third-order valence-corrected chi connectivity index (χ3v) is 9.03. The SMILES string of the molecule is CCNc1cc2c(cc1C)C1(c3cc(C)c(NCC)cc3O2)c2ccccc2C(=O)N1N=CC=Nc1ccc(-c2ccc(N)cc2)cc1. The van der Waals surface area contributed by atoms with Gasteiger partial charge in [0.25, 0.3) is 5.91 Å². The van der Waals surface area contributed by atoms with Gasteiger partial charge in [0.05, 0.1) is 11.9 Å². The molecule has 2 aliphatic rings. The number of nitrogens with two attached hydrogens (primary N) is 1. The van der Waals surface area contributed by atoms with E-state index in [1.165, 1.54) is 0 Å². The quantitative estimate of drug-likeness (QED) is 0.117. The maximum Gasteiger partial charge on any atom is 0.275 e. The minimum absolute atomic E-state index is 0.191. The molecule has 0 fully saturated rings. The molecule has 0 bridgehead atoms. The van der Waals surface area contributed by atoms with Gasteiger partial charge in [0.1, 0.15) is 17.0 Å². The smallest absolute Gasteiger partial charge is 0.275 e. The monoisotopic (exact) mass is 634 g/mol. The summed E-state index contributed by atoms with van der Waals surface area (Å²) in [4.78, 5) is 19.0. The number of fused-ring (bicyclic) bond motifs is 6. The summed E-state index contributed by atoms with van der Waals surface area (Å²) >= 11 is 0. The summed E-state index contributed by atoms with van der Waals surface area (Å²) in [7, 11) is 0. The maximum absolute atomic E-state index is 14.4. The first-order valence-corrected chi connectivity index (χ1v) is 16.3. The molecule has 2 heterocycles. The number of aliphatic imine (C=N–C) groups is 1. The molecule has 0 saturated heterocycles. The Hall–Kier alpha value is -5.89. The second-order valence-electron chi connectivity index (χ2n) is 12.1. The van der Waals surface area contributed by atoms with Crippen LogP contribution in [0.25, 0.3) is 11.1 Å². The number of hydrogen-bond donors (Lipinski definition) is 3. The highest BCUT2D eigenvalue weighted by Gasteiger charge is 2.57. The van der Waals surface area contributed by atoms with E-state index in [2.05, 4.69) is 55.5 Å². The van der Waals surface area contributed by atoms with Gasteiger partial charge in [-0.15, -0.1) is 0 Å². The molecule has 48 heavy (non-hydrogen) atoms. The van der Waals surface area contributed by atoms with Gasteiger partial charge in [-0.3, -0.25) is 9.79 Å². The molecule has 1 spiro atoms. The molecule has 0 aliphatic carbocycles. The lowest BCUT2D eigenvalue weighted by atomic mass is 9.74. The Balaban J connectivity index is 1.34. The molecule has 8 heteroatoms. The van der Waals surface area contributed by atoms with Crippen molar-refractivity contribution in [2.24, 2.45) is 10.1 Å². The number of ether oxygens (including phenoxy) is 1. The molecule has 0 unspecified atom stereocenters. The average Bonchev–Trinajstić information content (AvgIpc) is 3.33. The summed E-state index contributed by atoms with van der Waals surface area (Å²) in [6.07, 6.45) is 3.22. The minimum atomic E-state index is -1.06. The van der Waals surface area contributed by atoms with Crippen LogP contribution in [-0.4, -0.2) is 36.4 Å². The summed E-state index contributed by atoms with van der Waals surface area (Å²) in [6.45, 7) is 9.82. The van der Waals surface area contributed by atoms with Crippen molar-refractivity contribution in [1.29, 1.82) is 0 Å². The number of anilines is 3. The van der Waals surface area contributed by atoms with Gasteiger partial charge in [-0.2, -0.15) is 5.10 Å². The van der Waals surface area contributed by atoms with Crippen molar-refractivity contribution in [3.63, 3.8) is 0 Å². The van der Waals surface area contributed by atoms with E-state index in [0.717, 1.165) is 74.8 Å². The first-order chi connectivity index (χ1) is 23.3. The van der Waals surface area contributed by atoms with Gasteiger partial charge in [0.15, 0.2) is 0 Å². The summed E-state index contributed by atoms with van der Waals surface area (Å²) in [5.41, 5.74) is 15.7. The van der Waals surface area contributed by atoms with E-state index in [1.807, 2.05) is 84.9 Å². The Bertz CT molecular complexity index is 2020. The largest absolute Gasteiger partial charge is 0.456 e. The van der Waals surface area contributed by atoms with E-state index in [0.29, 0.717) is 17.1 Å². The van der Waals surface area contributed by atoms with Gasteiger partial charge >= 0.3 is 0 Å². The van der Waals surface area contributed by atoms with Gasteiger partial charge in [0, 0.05) is 70.8 Å². The highest BCUT2D eigenvalue weighted by atomic mass is 16.5. The summed E-state index contributed by atoms with van der Waals surface area (Å²) in [5.74, 6) is 1.16. The maximum atomic E-state index is 14.4. The summed E-state index contributed by atoms with van der Waals surface area (Å²) in [6, 6.07) is 31.8.